The summed E-state index contributed by atoms with van der Waals surface area (Å²) >= 11 is 4.40. The van der Waals surface area contributed by atoms with Gasteiger partial charge in [0.1, 0.15) is 0 Å². The van der Waals surface area contributed by atoms with Crippen LogP contribution in [0.1, 0.15) is 0 Å². The van der Waals surface area contributed by atoms with Gasteiger partial charge in [-0.15, -0.1) is 0 Å². The van der Waals surface area contributed by atoms with E-state index in [-0.39, 0.29) is 4.90 Å². The second-order valence-electron chi connectivity index (χ2n) is 1.70. The summed E-state index contributed by atoms with van der Waals surface area (Å²) in [6, 6.07) is 1.52. The van der Waals surface area contributed by atoms with Crippen LogP contribution in [0.25, 0.3) is 0 Å². The normalized spacial score (nSPS) is 9.90. The summed E-state index contributed by atoms with van der Waals surface area (Å²) in [4.78, 5) is -0.0450. The third-order valence-electron chi connectivity index (χ3n) is 0.957. The molecule has 0 saturated carbocycles. The Morgan fingerprint density at radius 1 is 1.00 bits per heavy atom. The minimum atomic E-state index is -1.48. The number of benzene rings is 1. The molecule has 0 saturated heterocycles. The van der Waals surface area contributed by atoms with Crippen molar-refractivity contribution in [2.75, 3.05) is 0 Å². The van der Waals surface area contributed by atoms with Gasteiger partial charge in [0.2, 0.25) is 0 Å². The Bertz CT molecular complexity index is 236. The maximum Gasteiger partial charge on any atom is 0.194 e. The average Bonchev–Trinajstić information content (AvgIpc) is 1.82. The zero-order valence-corrected chi connectivity index (χ0v) is 5.51. The second-order valence-corrected chi connectivity index (χ2v) is 2.17. The monoisotopic (exact) mass is 163 g/mol. The first-order valence-corrected chi connectivity index (χ1v) is 2.83. The molecule has 0 aliphatic carbocycles. The zero-order chi connectivity index (χ0) is 7.72. The van der Waals surface area contributed by atoms with Gasteiger partial charge in [0, 0.05) is 4.90 Å². The van der Waals surface area contributed by atoms with Crippen LogP contribution in [0.2, 0.25) is 0 Å². The average molecular weight is 163 g/mol. The second kappa shape index (κ2) is 2.46. The predicted octanol–water partition coefficient (Wildman–Crippen LogP) is 2.66. The molecule has 0 N–H and O–H groups in total. The van der Waals surface area contributed by atoms with E-state index in [1.165, 1.54) is 0 Å². The molecule has 1 radical (unpaired) electrons. The van der Waals surface area contributed by atoms with Crippen molar-refractivity contribution in [1.82, 2.24) is 0 Å². The molecule has 1 aromatic carbocycles. The molecule has 0 atom stereocenters. The molecule has 0 nitrogen and oxygen atoms in total. The van der Waals surface area contributed by atoms with E-state index in [0.717, 1.165) is 12.1 Å². The van der Waals surface area contributed by atoms with Crippen molar-refractivity contribution < 1.29 is 13.2 Å². The molecule has 0 aliphatic heterocycles. The summed E-state index contributed by atoms with van der Waals surface area (Å²) < 4.78 is 36.4. The summed E-state index contributed by atoms with van der Waals surface area (Å²) in [5, 5.41) is 0. The van der Waals surface area contributed by atoms with Gasteiger partial charge >= 0.3 is 0 Å². The molecule has 0 aromatic heterocycles. The summed E-state index contributed by atoms with van der Waals surface area (Å²) in [5.74, 6) is -3.97. The van der Waals surface area contributed by atoms with Crippen LogP contribution in [0, 0.1) is 17.5 Å². The Morgan fingerprint density at radius 3 is 1.80 bits per heavy atom. The molecule has 0 heterocycles. The Balaban J connectivity index is 3.31. The van der Waals surface area contributed by atoms with E-state index in [1.807, 2.05) is 0 Å². The van der Waals surface area contributed by atoms with Gasteiger partial charge in [-0.25, -0.2) is 13.2 Å². The first-order chi connectivity index (χ1) is 4.61. The van der Waals surface area contributed by atoms with Crippen LogP contribution in [0.4, 0.5) is 13.2 Å². The standard InChI is InChI=1S/C6H2F3S/c7-4-1-3(10)2-5(8)6(4)9/h1-2H. The Morgan fingerprint density at radius 2 is 1.40 bits per heavy atom. The maximum absolute atomic E-state index is 12.2. The van der Waals surface area contributed by atoms with Crippen LogP contribution < -0.4 is 0 Å². The van der Waals surface area contributed by atoms with Crippen LogP contribution in [0.15, 0.2) is 17.0 Å². The van der Waals surface area contributed by atoms with E-state index in [1.54, 1.807) is 0 Å². The molecule has 0 unspecified atom stereocenters. The molecule has 53 valence electrons. The Kier molecular flexibility index (Phi) is 1.80. The Hall–Kier alpha value is -0.770. The van der Waals surface area contributed by atoms with Crippen molar-refractivity contribution in [1.29, 1.82) is 0 Å². The number of rotatable bonds is 0. The molecule has 0 aliphatic rings. The highest BCUT2D eigenvalue weighted by Gasteiger charge is 2.08. The van der Waals surface area contributed by atoms with Gasteiger partial charge in [0.15, 0.2) is 17.5 Å². The van der Waals surface area contributed by atoms with Crippen LogP contribution in [0.5, 0.6) is 0 Å². The molecule has 1 aromatic rings. The van der Waals surface area contributed by atoms with Gasteiger partial charge in [-0.2, -0.15) is 0 Å². The number of halogens is 3. The highest BCUT2D eigenvalue weighted by Crippen LogP contribution is 2.15. The molecule has 0 bridgehead atoms. The Labute approximate surface area is 61.1 Å². The predicted molar refractivity (Wildman–Crippen MR) is 32.2 cm³/mol. The van der Waals surface area contributed by atoms with Crippen molar-refractivity contribution in [2.45, 2.75) is 4.90 Å². The highest BCUT2D eigenvalue weighted by atomic mass is 32.1. The van der Waals surface area contributed by atoms with Crippen molar-refractivity contribution >= 4 is 12.6 Å². The summed E-state index contributed by atoms with van der Waals surface area (Å²) in [7, 11) is 0. The van der Waals surface area contributed by atoms with Crippen molar-refractivity contribution in [3.05, 3.63) is 29.6 Å². The van der Waals surface area contributed by atoms with Crippen molar-refractivity contribution in [3.8, 4) is 0 Å². The van der Waals surface area contributed by atoms with Gasteiger partial charge in [-0.3, -0.25) is 0 Å². The fourth-order valence-corrected chi connectivity index (χ4v) is 0.739. The first-order valence-electron chi connectivity index (χ1n) is 2.43. The van der Waals surface area contributed by atoms with Crippen LogP contribution >= 0.6 is 12.6 Å². The van der Waals surface area contributed by atoms with Gasteiger partial charge in [0.05, 0.1) is 0 Å². The lowest BCUT2D eigenvalue weighted by atomic mass is 10.3. The van der Waals surface area contributed by atoms with E-state index in [0.29, 0.717) is 0 Å². The first kappa shape index (κ1) is 7.34. The summed E-state index contributed by atoms with van der Waals surface area (Å²) in [6.45, 7) is 0. The lowest BCUT2D eigenvalue weighted by Crippen LogP contribution is -1.88. The topological polar surface area (TPSA) is 0 Å². The van der Waals surface area contributed by atoms with Crippen LogP contribution in [0.3, 0.4) is 0 Å². The third-order valence-corrected chi connectivity index (χ3v) is 1.19. The van der Waals surface area contributed by atoms with Crippen molar-refractivity contribution in [2.24, 2.45) is 0 Å². The fourth-order valence-electron chi connectivity index (χ4n) is 0.532. The number of hydrogen-bond acceptors (Lipinski definition) is 0. The summed E-state index contributed by atoms with van der Waals surface area (Å²) in [6.07, 6.45) is 0. The van der Waals surface area contributed by atoms with Gasteiger partial charge in [-0.1, -0.05) is 12.6 Å². The van der Waals surface area contributed by atoms with E-state index >= 15 is 0 Å². The maximum atomic E-state index is 12.2. The molecule has 0 amide bonds. The molecule has 0 fully saturated rings. The number of hydrogen-bond donors (Lipinski definition) is 0. The fraction of sp³-hybridized carbons (Fsp3) is 0. The van der Waals surface area contributed by atoms with E-state index in [9.17, 15) is 13.2 Å². The quantitative estimate of drug-likeness (QED) is 0.516. The molecule has 1 rings (SSSR count). The van der Waals surface area contributed by atoms with E-state index in [2.05, 4.69) is 12.6 Å². The van der Waals surface area contributed by atoms with E-state index < -0.39 is 17.5 Å². The minimum absolute atomic E-state index is 0.0450. The van der Waals surface area contributed by atoms with Gasteiger partial charge < -0.3 is 0 Å². The molecule has 0 spiro atoms. The van der Waals surface area contributed by atoms with Crippen LogP contribution in [-0.2, 0) is 0 Å². The summed E-state index contributed by atoms with van der Waals surface area (Å²) in [5.41, 5.74) is 0. The van der Waals surface area contributed by atoms with Gasteiger partial charge in [0.25, 0.3) is 0 Å². The molecule has 10 heavy (non-hydrogen) atoms. The third kappa shape index (κ3) is 1.21. The highest BCUT2D eigenvalue weighted by molar-refractivity contribution is 7.80. The van der Waals surface area contributed by atoms with Crippen molar-refractivity contribution in [3.63, 3.8) is 0 Å². The largest absolute Gasteiger partial charge is 0.204 e. The molecule has 4 heteroatoms. The lowest BCUT2D eigenvalue weighted by molar-refractivity contribution is 0.443. The molecular formula is C6H2F3S. The zero-order valence-electron chi connectivity index (χ0n) is 4.70. The van der Waals surface area contributed by atoms with Crippen LogP contribution in [-0.4, -0.2) is 0 Å². The molecular weight excluding hydrogens is 161 g/mol. The van der Waals surface area contributed by atoms with Gasteiger partial charge in [-0.05, 0) is 12.1 Å². The van der Waals surface area contributed by atoms with E-state index in [4.69, 9.17) is 0 Å². The lowest BCUT2D eigenvalue weighted by Gasteiger charge is -1.93. The SMILES string of the molecule is Fc1cc([S])cc(F)c1F. The smallest absolute Gasteiger partial charge is 0.194 e. The minimum Gasteiger partial charge on any atom is -0.204 e.